The van der Waals surface area contributed by atoms with Gasteiger partial charge in [-0.3, -0.25) is 9.48 Å². The summed E-state index contributed by atoms with van der Waals surface area (Å²) < 4.78 is 1.59. The Morgan fingerprint density at radius 2 is 2.50 bits per heavy atom. The van der Waals surface area contributed by atoms with Crippen LogP contribution in [0.15, 0.2) is 12.3 Å². The molecule has 1 heterocycles. The van der Waals surface area contributed by atoms with Crippen LogP contribution in [0.2, 0.25) is 0 Å². The van der Waals surface area contributed by atoms with Crippen molar-refractivity contribution >= 4 is 17.5 Å². The normalized spacial score (nSPS) is 12.5. The molecule has 1 amide bonds. The van der Waals surface area contributed by atoms with Gasteiger partial charge >= 0.3 is 0 Å². The SMILES string of the molecule is CCC(Cl)CNC(=O)c1ccn(C)n1. The molecule has 14 heavy (non-hydrogen) atoms. The van der Waals surface area contributed by atoms with E-state index >= 15 is 0 Å². The number of halogens is 1. The average molecular weight is 216 g/mol. The number of hydrogen-bond acceptors (Lipinski definition) is 2. The van der Waals surface area contributed by atoms with Gasteiger partial charge in [-0.05, 0) is 12.5 Å². The van der Waals surface area contributed by atoms with Gasteiger partial charge in [0.15, 0.2) is 0 Å². The molecule has 0 fully saturated rings. The first-order valence-electron chi connectivity index (χ1n) is 4.55. The Hall–Kier alpha value is -1.03. The van der Waals surface area contributed by atoms with Crippen LogP contribution in [-0.4, -0.2) is 27.6 Å². The molecule has 0 saturated carbocycles. The molecule has 78 valence electrons. The Labute approximate surface area is 88.2 Å². The van der Waals surface area contributed by atoms with Gasteiger partial charge in [0, 0.05) is 19.8 Å². The first-order chi connectivity index (χ1) is 6.63. The van der Waals surface area contributed by atoms with Crippen LogP contribution in [0, 0.1) is 0 Å². The molecule has 0 aliphatic rings. The molecular weight excluding hydrogens is 202 g/mol. The molecule has 1 rings (SSSR count). The highest BCUT2D eigenvalue weighted by molar-refractivity contribution is 6.20. The Bertz CT molecular complexity index is 311. The highest BCUT2D eigenvalue weighted by Gasteiger charge is 2.09. The number of amides is 1. The van der Waals surface area contributed by atoms with E-state index in [1.807, 2.05) is 6.92 Å². The zero-order valence-electron chi connectivity index (χ0n) is 8.33. The largest absolute Gasteiger partial charge is 0.349 e. The molecular formula is C9H14ClN3O. The van der Waals surface area contributed by atoms with Crippen LogP contribution in [0.3, 0.4) is 0 Å². The van der Waals surface area contributed by atoms with Crippen LogP contribution < -0.4 is 5.32 Å². The van der Waals surface area contributed by atoms with Crippen LogP contribution in [-0.2, 0) is 7.05 Å². The van der Waals surface area contributed by atoms with Crippen LogP contribution in [0.5, 0.6) is 0 Å². The van der Waals surface area contributed by atoms with Crippen LogP contribution in [0.25, 0.3) is 0 Å². The lowest BCUT2D eigenvalue weighted by Gasteiger charge is -2.06. The van der Waals surface area contributed by atoms with Gasteiger partial charge < -0.3 is 5.32 Å². The van der Waals surface area contributed by atoms with E-state index in [1.54, 1.807) is 24.0 Å². The molecule has 0 bridgehead atoms. The zero-order chi connectivity index (χ0) is 10.6. The lowest BCUT2D eigenvalue weighted by atomic mass is 10.3. The predicted molar refractivity (Wildman–Crippen MR) is 55.5 cm³/mol. The Kier molecular flexibility index (Phi) is 3.95. The minimum absolute atomic E-state index is 0.0114. The first kappa shape index (κ1) is 11.0. The second kappa shape index (κ2) is 5.00. The van der Waals surface area contributed by atoms with E-state index in [9.17, 15) is 4.79 Å². The topological polar surface area (TPSA) is 46.9 Å². The van der Waals surface area contributed by atoms with Gasteiger partial charge in [-0.2, -0.15) is 5.10 Å². The van der Waals surface area contributed by atoms with Gasteiger partial charge in [0.2, 0.25) is 0 Å². The molecule has 0 saturated heterocycles. The molecule has 1 atom stereocenters. The highest BCUT2D eigenvalue weighted by atomic mass is 35.5. The molecule has 0 aromatic carbocycles. The van der Waals surface area contributed by atoms with E-state index in [4.69, 9.17) is 11.6 Å². The second-order valence-electron chi connectivity index (χ2n) is 3.09. The minimum atomic E-state index is -0.176. The van der Waals surface area contributed by atoms with Gasteiger partial charge in [0.25, 0.3) is 5.91 Å². The summed E-state index contributed by atoms with van der Waals surface area (Å²) >= 11 is 5.86. The number of nitrogens with one attached hydrogen (secondary N) is 1. The second-order valence-corrected chi connectivity index (χ2v) is 3.71. The smallest absolute Gasteiger partial charge is 0.271 e. The third-order valence-electron chi connectivity index (χ3n) is 1.87. The van der Waals surface area contributed by atoms with Gasteiger partial charge in [0.05, 0.1) is 5.38 Å². The van der Waals surface area contributed by atoms with Gasteiger partial charge in [-0.25, -0.2) is 0 Å². The molecule has 0 radical (unpaired) electrons. The van der Waals surface area contributed by atoms with Crippen molar-refractivity contribution in [3.63, 3.8) is 0 Å². The standard InChI is InChI=1S/C9H14ClN3O/c1-3-7(10)6-11-9(14)8-4-5-13(2)12-8/h4-5,7H,3,6H2,1-2H3,(H,11,14). The van der Waals surface area contributed by atoms with E-state index in [2.05, 4.69) is 10.4 Å². The fraction of sp³-hybridized carbons (Fsp3) is 0.556. The fourth-order valence-electron chi connectivity index (χ4n) is 0.975. The van der Waals surface area contributed by atoms with Crippen molar-refractivity contribution in [3.05, 3.63) is 18.0 Å². The summed E-state index contributed by atoms with van der Waals surface area (Å²) in [7, 11) is 1.77. The predicted octanol–water partition coefficient (Wildman–Crippen LogP) is 1.17. The van der Waals surface area contributed by atoms with Crippen molar-refractivity contribution in [3.8, 4) is 0 Å². The molecule has 0 spiro atoms. The Morgan fingerprint density at radius 1 is 1.79 bits per heavy atom. The van der Waals surface area contributed by atoms with Crippen LogP contribution in [0.1, 0.15) is 23.8 Å². The molecule has 1 unspecified atom stereocenters. The molecule has 1 aromatic rings. The van der Waals surface area contributed by atoms with Gasteiger partial charge in [-0.15, -0.1) is 11.6 Å². The molecule has 5 heteroatoms. The Balaban J connectivity index is 2.43. The number of alkyl halides is 1. The zero-order valence-corrected chi connectivity index (χ0v) is 9.08. The van der Waals surface area contributed by atoms with Crippen molar-refractivity contribution in [2.24, 2.45) is 7.05 Å². The fourth-order valence-corrected chi connectivity index (χ4v) is 1.05. The summed E-state index contributed by atoms with van der Waals surface area (Å²) in [6, 6.07) is 1.67. The summed E-state index contributed by atoms with van der Waals surface area (Å²) in [6.07, 6.45) is 2.57. The number of aryl methyl sites for hydroxylation is 1. The average Bonchev–Trinajstić information content (AvgIpc) is 2.60. The number of carbonyl (C=O) groups excluding carboxylic acids is 1. The van der Waals surface area contributed by atoms with Crippen molar-refractivity contribution in [2.45, 2.75) is 18.7 Å². The summed E-state index contributed by atoms with van der Waals surface area (Å²) in [5.74, 6) is -0.176. The number of carbonyl (C=O) groups is 1. The first-order valence-corrected chi connectivity index (χ1v) is 4.99. The van der Waals surface area contributed by atoms with Crippen LogP contribution in [0.4, 0.5) is 0 Å². The molecule has 0 aliphatic heterocycles. The van der Waals surface area contributed by atoms with E-state index in [1.165, 1.54) is 0 Å². The summed E-state index contributed by atoms with van der Waals surface area (Å²) in [4.78, 5) is 11.4. The number of aromatic nitrogens is 2. The van der Waals surface area contributed by atoms with E-state index < -0.39 is 0 Å². The summed E-state index contributed by atoms with van der Waals surface area (Å²) in [6.45, 7) is 2.46. The third kappa shape index (κ3) is 3.03. The van der Waals surface area contributed by atoms with Gasteiger partial charge in [-0.1, -0.05) is 6.92 Å². The maximum absolute atomic E-state index is 11.4. The highest BCUT2D eigenvalue weighted by Crippen LogP contribution is 1.99. The third-order valence-corrected chi connectivity index (χ3v) is 2.34. The maximum Gasteiger partial charge on any atom is 0.271 e. The minimum Gasteiger partial charge on any atom is -0.349 e. The van der Waals surface area contributed by atoms with Gasteiger partial charge in [0.1, 0.15) is 5.69 Å². The van der Waals surface area contributed by atoms with E-state index in [0.717, 1.165) is 6.42 Å². The Morgan fingerprint density at radius 3 is 3.00 bits per heavy atom. The molecule has 1 N–H and O–H groups in total. The molecule has 0 aliphatic carbocycles. The van der Waals surface area contributed by atoms with E-state index in [0.29, 0.717) is 12.2 Å². The molecule has 4 nitrogen and oxygen atoms in total. The number of nitrogens with zero attached hydrogens (tertiary/aromatic N) is 2. The quantitative estimate of drug-likeness (QED) is 0.767. The monoisotopic (exact) mass is 215 g/mol. The summed E-state index contributed by atoms with van der Waals surface area (Å²) in [5, 5.41) is 6.68. The van der Waals surface area contributed by atoms with Crippen molar-refractivity contribution in [2.75, 3.05) is 6.54 Å². The summed E-state index contributed by atoms with van der Waals surface area (Å²) in [5.41, 5.74) is 0.424. The van der Waals surface area contributed by atoms with E-state index in [-0.39, 0.29) is 11.3 Å². The van der Waals surface area contributed by atoms with Crippen molar-refractivity contribution in [1.82, 2.24) is 15.1 Å². The lowest BCUT2D eigenvalue weighted by molar-refractivity contribution is 0.0948. The van der Waals surface area contributed by atoms with Crippen molar-refractivity contribution < 1.29 is 4.79 Å². The lowest BCUT2D eigenvalue weighted by Crippen LogP contribution is -2.29. The number of hydrogen-bond donors (Lipinski definition) is 1. The number of rotatable bonds is 4. The maximum atomic E-state index is 11.4. The van der Waals surface area contributed by atoms with Crippen molar-refractivity contribution in [1.29, 1.82) is 0 Å². The molecule has 1 aromatic heterocycles. The van der Waals surface area contributed by atoms with Crippen LogP contribution >= 0.6 is 11.6 Å².